The number of aliphatic hydroxyl groups excluding tert-OH is 2. The first-order valence-electron chi connectivity index (χ1n) is 21.3. The van der Waals surface area contributed by atoms with Gasteiger partial charge in [-0.1, -0.05) is 141 Å². The largest absolute Gasteiger partial charge is 0.472 e. The summed E-state index contributed by atoms with van der Waals surface area (Å²) < 4.78 is 32.6. The molecular formula is C42H79O10P. The lowest BCUT2D eigenvalue weighted by atomic mass is 10.1. The molecule has 0 aliphatic heterocycles. The zero-order valence-corrected chi connectivity index (χ0v) is 34.6. The summed E-state index contributed by atoms with van der Waals surface area (Å²) in [6, 6.07) is 0. The zero-order valence-electron chi connectivity index (χ0n) is 33.7. The third-order valence-electron chi connectivity index (χ3n) is 9.08. The number of carbonyl (C=O) groups is 2. The first kappa shape index (κ1) is 51.5. The molecule has 3 atom stereocenters. The summed E-state index contributed by atoms with van der Waals surface area (Å²) in [4.78, 5) is 34.9. The highest BCUT2D eigenvalue weighted by Gasteiger charge is 2.27. The van der Waals surface area contributed by atoms with Gasteiger partial charge in [-0.05, 0) is 64.2 Å². The first-order chi connectivity index (χ1) is 25.7. The lowest BCUT2D eigenvalue weighted by molar-refractivity contribution is -0.161. The van der Waals surface area contributed by atoms with Crippen molar-refractivity contribution in [3.05, 3.63) is 24.3 Å². The van der Waals surface area contributed by atoms with Crippen LogP contribution < -0.4 is 0 Å². The van der Waals surface area contributed by atoms with Gasteiger partial charge >= 0.3 is 19.8 Å². The summed E-state index contributed by atoms with van der Waals surface area (Å²) in [6.45, 7) is 2.35. The van der Waals surface area contributed by atoms with Crippen LogP contribution in [0.5, 0.6) is 0 Å². The van der Waals surface area contributed by atoms with Gasteiger partial charge < -0.3 is 24.6 Å². The monoisotopic (exact) mass is 775 g/mol. The fourth-order valence-electron chi connectivity index (χ4n) is 5.75. The number of phosphoric acid groups is 1. The van der Waals surface area contributed by atoms with Gasteiger partial charge in [-0.15, -0.1) is 0 Å². The Bertz CT molecular complexity index is 941. The molecule has 0 aromatic rings. The average molecular weight is 775 g/mol. The Kier molecular flexibility index (Phi) is 37.6. The molecule has 0 amide bonds. The number of hydrogen-bond donors (Lipinski definition) is 3. The van der Waals surface area contributed by atoms with Gasteiger partial charge in [0.25, 0.3) is 0 Å². The maximum atomic E-state index is 12.6. The van der Waals surface area contributed by atoms with Crippen molar-refractivity contribution in [1.29, 1.82) is 0 Å². The van der Waals surface area contributed by atoms with Crippen molar-refractivity contribution in [1.82, 2.24) is 0 Å². The molecule has 0 aliphatic carbocycles. The second-order valence-corrected chi connectivity index (χ2v) is 15.8. The minimum Gasteiger partial charge on any atom is -0.462 e. The minimum absolute atomic E-state index is 0.163. The Morgan fingerprint density at radius 1 is 0.547 bits per heavy atom. The minimum atomic E-state index is -4.62. The second-order valence-electron chi connectivity index (χ2n) is 14.4. The molecule has 0 radical (unpaired) electrons. The number of hydrogen-bond acceptors (Lipinski definition) is 9. The first-order valence-corrected chi connectivity index (χ1v) is 22.8. The summed E-state index contributed by atoms with van der Waals surface area (Å²) in [7, 11) is -4.62. The number of allylic oxidation sites excluding steroid dienone is 4. The molecule has 11 heteroatoms. The summed E-state index contributed by atoms with van der Waals surface area (Å²) in [5.74, 6) is -0.957. The highest BCUT2D eigenvalue weighted by atomic mass is 31.2. The Morgan fingerprint density at radius 2 is 0.925 bits per heavy atom. The molecule has 3 N–H and O–H groups in total. The fraction of sp³-hybridized carbons (Fsp3) is 0.857. The lowest BCUT2D eigenvalue weighted by Crippen LogP contribution is -2.29. The van der Waals surface area contributed by atoms with Crippen LogP contribution >= 0.6 is 7.82 Å². The third-order valence-corrected chi connectivity index (χ3v) is 10.0. The SMILES string of the molecule is CCCCCCCCCC/C=C/CCCCCC(=O)OC[C@H](COP(=O)(O)OC[C@@H](O)CO)OC(=O)CCCCC/C=C/CCCCCCCCCC. The molecule has 0 saturated heterocycles. The summed E-state index contributed by atoms with van der Waals surface area (Å²) >= 11 is 0. The van der Waals surface area contributed by atoms with E-state index in [0.717, 1.165) is 51.4 Å². The van der Waals surface area contributed by atoms with Crippen molar-refractivity contribution in [2.45, 2.75) is 206 Å². The molecule has 0 spiro atoms. The van der Waals surface area contributed by atoms with Crippen molar-refractivity contribution in [2.75, 3.05) is 26.4 Å². The van der Waals surface area contributed by atoms with E-state index in [1.807, 2.05) is 0 Å². The molecule has 0 aromatic heterocycles. The van der Waals surface area contributed by atoms with E-state index < -0.39 is 51.8 Å². The van der Waals surface area contributed by atoms with E-state index in [2.05, 4.69) is 42.7 Å². The number of phosphoric ester groups is 1. The summed E-state index contributed by atoms with van der Waals surface area (Å²) in [6.07, 6.45) is 37.2. The average Bonchev–Trinajstić information content (AvgIpc) is 3.14. The Hall–Kier alpha value is -1.55. The molecular weight excluding hydrogens is 695 g/mol. The van der Waals surface area contributed by atoms with E-state index in [9.17, 15) is 24.2 Å². The summed E-state index contributed by atoms with van der Waals surface area (Å²) in [5.41, 5.74) is 0. The Balaban J connectivity index is 4.35. The number of unbranched alkanes of at least 4 members (excludes halogenated alkanes) is 22. The van der Waals surface area contributed by atoms with Crippen LogP contribution in [-0.4, -0.2) is 65.7 Å². The molecule has 10 nitrogen and oxygen atoms in total. The van der Waals surface area contributed by atoms with Crippen molar-refractivity contribution < 1.29 is 47.8 Å². The predicted octanol–water partition coefficient (Wildman–Crippen LogP) is 11.0. The van der Waals surface area contributed by atoms with E-state index in [4.69, 9.17) is 19.1 Å². The van der Waals surface area contributed by atoms with Crippen molar-refractivity contribution in [3.63, 3.8) is 0 Å². The quantitative estimate of drug-likeness (QED) is 0.0238. The van der Waals surface area contributed by atoms with Gasteiger partial charge in [0.15, 0.2) is 6.10 Å². The highest BCUT2D eigenvalue weighted by Crippen LogP contribution is 2.43. The number of carbonyl (C=O) groups excluding carboxylic acids is 2. The van der Waals surface area contributed by atoms with Crippen LogP contribution in [0.3, 0.4) is 0 Å². The molecule has 0 aliphatic rings. The van der Waals surface area contributed by atoms with Crippen LogP contribution in [0.4, 0.5) is 0 Å². The Labute approximate surface area is 323 Å². The van der Waals surface area contributed by atoms with E-state index >= 15 is 0 Å². The normalized spacial score (nSPS) is 14.1. The molecule has 0 aromatic carbocycles. The van der Waals surface area contributed by atoms with Gasteiger partial charge in [0.1, 0.15) is 12.7 Å². The van der Waals surface area contributed by atoms with E-state index in [1.165, 1.54) is 103 Å². The molecule has 0 rings (SSSR count). The van der Waals surface area contributed by atoms with E-state index in [0.29, 0.717) is 12.8 Å². The molecule has 1 unspecified atom stereocenters. The predicted molar refractivity (Wildman–Crippen MR) is 215 cm³/mol. The molecule has 0 fully saturated rings. The highest BCUT2D eigenvalue weighted by molar-refractivity contribution is 7.47. The third kappa shape index (κ3) is 38.5. The molecule has 0 heterocycles. The Morgan fingerprint density at radius 3 is 1.36 bits per heavy atom. The van der Waals surface area contributed by atoms with Gasteiger partial charge in [0.2, 0.25) is 0 Å². The standard InChI is InChI=1S/C42H79O10P/c1-3-5-7-9-11-13-15-17-19-21-23-25-27-29-31-33-41(45)49-37-40(38-51-53(47,48)50-36-39(44)35-43)52-42(46)34-32-30-28-26-24-22-20-18-16-14-12-10-8-6-4-2/h21-24,39-40,43-44H,3-20,25-38H2,1-2H3,(H,47,48)/b23-21+,24-22+/t39-,40+/m0/s1. The van der Waals surface area contributed by atoms with E-state index in [-0.39, 0.29) is 19.4 Å². The maximum Gasteiger partial charge on any atom is 0.472 e. The molecule has 312 valence electrons. The number of aliphatic hydroxyl groups is 2. The molecule has 53 heavy (non-hydrogen) atoms. The second kappa shape index (κ2) is 38.7. The molecule has 0 saturated carbocycles. The van der Waals surface area contributed by atoms with Gasteiger partial charge in [0, 0.05) is 12.8 Å². The van der Waals surface area contributed by atoms with E-state index in [1.54, 1.807) is 0 Å². The smallest absolute Gasteiger partial charge is 0.462 e. The van der Waals surface area contributed by atoms with Crippen LogP contribution in [-0.2, 0) is 32.7 Å². The van der Waals surface area contributed by atoms with Crippen LogP contribution in [0.1, 0.15) is 194 Å². The lowest BCUT2D eigenvalue weighted by Gasteiger charge is -2.20. The molecule has 0 bridgehead atoms. The van der Waals surface area contributed by atoms with Gasteiger partial charge in [-0.3, -0.25) is 18.6 Å². The topological polar surface area (TPSA) is 149 Å². The maximum absolute atomic E-state index is 12.6. The number of ether oxygens (including phenoxy) is 2. The summed E-state index contributed by atoms with van der Waals surface area (Å²) in [5, 5.41) is 18.3. The van der Waals surface area contributed by atoms with Gasteiger partial charge in [-0.2, -0.15) is 0 Å². The number of esters is 2. The fourth-order valence-corrected chi connectivity index (χ4v) is 6.54. The van der Waals surface area contributed by atoms with Crippen molar-refractivity contribution >= 4 is 19.8 Å². The van der Waals surface area contributed by atoms with Gasteiger partial charge in [0.05, 0.1) is 19.8 Å². The van der Waals surface area contributed by atoms with Crippen LogP contribution in [0.2, 0.25) is 0 Å². The van der Waals surface area contributed by atoms with Crippen LogP contribution in [0.15, 0.2) is 24.3 Å². The van der Waals surface area contributed by atoms with Crippen molar-refractivity contribution in [2.24, 2.45) is 0 Å². The van der Waals surface area contributed by atoms with Crippen LogP contribution in [0.25, 0.3) is 0 Å². The number of rotatable bonds is 40. The van der Waals surface area contributed by atoms with Gasteiger partial charge in [-0.25, -0.2) is 4.57 Å². The van der Waals surface area contributed by atoms with Crippen LogP contribution in [0, 0.1) is 0 Å². The zero-order chi connectivity index (χ0) is 39.1. The van der Waals surface area contributed by atoms with Crippen molar-refractivity contribution in [3.8, 4) is 0 Å².